The van der Waals surface area contributed by atoms with Gasteiger partial charge in [0.25, 0.3) is 0 Å². The normalized spacial score (nSPS) is 15.4. The Morgan fingerprint density at radius 2 is 1.74 bits per heavy atom. The Kier molecular flexibility index (Phi) is 13.3. The molecule has 0 saturated carbocycles. The van der Waals surface area contributed by atoms with E-state index in [1.165, 1.54) is 37.9 Å². The van der Waals surface area contributed by atoms with E-state index >= 15 is 0 Å². The maximum atomic E-state index is 5.91. The van der Waals surface area contributed by atoms with E-state index in [0.29, 0.717) is 5.96 Å². The van der Waals surface area contributed by atoms with Crippen LogP contribution in [0.1, 0.15) is 45.4 Å². The molecule has 0 radical (unpaired) electrons. The first-order valence-electron chi connectivity index (χ1n) is 10.4. The van der Waals surface area contributed by atoms with Crippen molar-refractivity contribution >= 4 is 35.6 Å². The summed E-state index contributed by atoms with van der Waals surface area (Å²) in [6, 6.07) is 10.7. The Morgan fingerprint density at radius 1 is 1.00 bits per heavy atom. The third-order valence-corrected chi connectivity index (χ3v) is 4.99. The van der Waals surface area contributed by atoms with Crippen LogP contribution in [0.2, 0.25) is 0 Å². The molecule has 6 heteroatoms. The Balaban J connectivity index is 0.00000364. The van der Waals surface area contributed by atoms with Gasteiger partial charge in [-0.3, -0.25) is 9.89 Å². The van der Waals surface area contributed by atoms with Gasteiger partial charge >= 0.3 is 0 Å². The van der Waals surface area contributed by atoms with E-state index in [1.54, 1.807) is 0 Å². The molecule has 2 rings (SSSR count). The van der Waals surface area contributed by atoms with Gasteiger partial charge in [0.05, 0.1) is 0 Å². The van der Waals surface area contributed by atoms with Gasteiger partial charge in [-0.05, 0) is 37.9 Å². The molecule has 0 atom stereocenters. The molecule has 1 aromatic carbocycles. The summed E-state index contributed by atoms with van der Waals surface area (Å²) < 4.78 is 0. The van der Waals surface area contributed by atoms with Crippen LogP contribution < -0.4 is 16.0 Å². The average Bonchev–Trinajstić information content (AvgIpc) is 2.69. The molecule has 0 amide bonds. The molecule has 0 bridgehead atoms. The van der Waals surface area contributed by atoms with E-state index in [4.69, 9.17) is 5.73 Å². The summed E-state index contributed by atoms with van der Waals surface area (Å²) in [7, 11) is 0. The van der Waals surface area contributed by atoms with E-state index in [0.717, 1.165) is 52.1 Å². The fourth-order valence-corrected chi connectivity index (χ4v) is 3.34. The van der Waals surface area contributed by atoms with Gasteiger partial charge in [-0.1, -0.05) is 44.4 Å². The molecule has 0 spiro atoms. The van der Waals surface area contributed by atoms with Crippen LogP contribution in [0.4, 0.5) is 5.69 Å². The van der Waals surface area contributed by atoms with Crippen LogP contribution in [0.25, 0.3) is 0 Å². The van der Waals surface area contributed by atoms with Gasteiger partial charge in [0, 0.05) is 45.0 Å². The molecule has 1 saturated heterocycles. The van der Waals surface area contributed by atoms with Crippen molar-refractivity contribution in [3.63, 3.8) is 0 Å². The maximum absolute atomic E-state index is 5.91. The van der Waals surface area contributed by atoms with Crippen molar-refractivity contribution in [2.75, 3.05) is 50.7 Å². The number of hydrogen-bond donors (Lipinski definition) is 2. The van der Waals surface area contributed by atoms with Crippen molar-refractivity contribution in [3.8, 4) is 0 Å². The number of hydrogen-bond acceptors (Lipinski definition) is 3. The first kappa shape index (κ1) is 24.0. The molecule has 1 aromatic rings. The van der Waals surface area contributed by atoms with Crippen LogP contribution in [0, 0.1) is 0 Å². The van der Waals surface area contributed by atoms with Gasteiger partial charge < -0.3 is 16.0 Å². The number of nitrogens with zero attached hydrogens (tertiary/aromatic N) is 3. The van der Waals surface area contributed by atoms with Gasteiger partial charge in [-0.15, -0.1) is 24.0 Å². The van der Waals surface area contributed by atoms with Crippen LogP contribution >= 0.6 is 24.0 Å². The molecule has 0 aromatic heterocycles. The van der Waals surface area contributed by atoms with Gasteiger partial charge in [0.2, 0.25) is 0 Å². The molecule has 1 aliphatic rings. The molecule has 1 heterocycles. The number of nitrogens with two attached hydrogens (primary N) is 1. The second-order valence-corrected chi connectivity index (χ2v) is 7.13. The van der Waals surface area contributed by atoms with Crippen LogP contribution in [0.15, 0.2) is 35.3 Å². The lowest BCUT2D eigenvalue weighted by molar-refractivity contribution is 0.253. The third-order valence-electron chi connectivity index (χ3n) is 4.99. The molecular weight excluding hydrogens is 449 g/mol. The zero-order valence-electron chi connectivity index (χ0n) is 16.9. The lowest BCUT2D eigenvalue weighted by atomic mass is 10.2. The highest BCUT2D eigenvalue weighted by Crippen LogP contribution is 2.15. The molecule has 27 heavy (non-hydrogen) atoms. The summed E-state index contributed by atoms with van der Waals surface area (Å²) in [4.78, 5) is 9.44. The fourth-order valence-electron chi connectivity index (χ4n) is 3.34. The largest absolute Gasteiger partial charge is 0.370 e. The van der Waals surface area contributed by atoms with Crippen LogP contribution in [-0.4, -0.2) is 56.7 Å². The van der Waals surface area contributed by atoms with Gasteiger partial charge in [-0.25, -0.2) is 0 Å². The number of anilines is 1. The van der Waals surface area contributed by atoms with Crippen LogP contribution in [-0.2, 0) is 0 Å². The number of halogens is 1. The molecule has 0 unspecified atom stereocenters. The molecule has 5 nitrogen and oxygen atoms in total. The Bertz CT molecular complexity index is 501. The van der Waals surface area contributed by atoms with E-state index in [1.807, 2.05) is 0 Å². The average molecular weight is 487 g/mol. The molecular formula is C21H38IN5. The number of guanidine groups is 1. The first-order valence-corrected chi connectivity index (χ1v) is 10.4. The fraction of sp³-hybridized carbons (Fsp3) is 0.667. The third kappa shape index (κ3) is 10.2. The summed E-state index contributed by atoms with van der Waals surface area (Å²) in [5.41, 5.74) is 7.25. The lowest BCUT2D eigenvalue weighted by Gasteiger charge is -2.36. The van der Waals surface area contributed by atoms with Gasteiger partial charge in [-0.2, -0.15) is 0 Å². The standard InChI is InChI=1S/C21H37N5.HI/c1-2-3-4-8-13-23-21(22)24-14-9-10-15-25-16-18-26(19-17-25)20-11-6-5-7-12-20;/h5-7,11-12H,2-4,8-10,13-19H2,1H3,(H3,22,23,24);1H. The van der Waals surface area contributed by atoms with Crippen molar-refractivity contribution in [1.82, 2.24) is 10.2 Å². The highest BCUT2D eigenvalue weighted by Gasteiger charge is 2.16. The number of unbranched alkanes of at least 4 members (excludes halogenated alkanes) is 4. The van der Waals surface area contributed by atoms with Crippen molar-refractivity contribution in [2.45, 2.75) is 45.4 Å². The smallest absolute Gasteiger partial charge is 0.188 e. The second kappa shape index (κ2) is 15.0. The van der Waals surface area contributed by atoms with Crippen LogP contribution in [0.5, 0.6) is 0 Å². The number of aliphatic imine (C=N–C) groups is 1. The number of rotatable bonds is 11. The number of piperazine rings is 1. The second-order valence-electron chi connectivity index (χ2n) is 7.13. The predicted molar refractivity (Wildman–Crippen MR) is 128 cm³/mol. The summed E-state index contributed by atoms with van der Waals surface area (Å²) in [6.07, 6.45) is 7.31. The van der Waals surface area contributed by atoms with Crippen molar-refractivity contribution in [1.29, 1.82) is 0 Å². The minimum absolute atomic E-state index is 0. The summed E-state index contributed by atoms with van der Waals surface area (Å²) >= 11 is 0. The Morgan fingerprint density at radius 3 is 2.44 bits per heavy atom. The zero-order valence-corrected chi connectivity index (χ0v) is 19.2. The van der Waals surface area contributed by atoms with Crippen molar-refractivity contribution in [3.05, 3.63) is 30.3 Å². The minimum Gasteiger partial charge on any atom is -0.370 e. The van der Waals surface area contributed by atoms with Crippen LogP contribution in [0.3, 0.4) is 0 Å². The quantitative estimate of drug-likeness (QED) is 0.216. The number of benzene rings is 1. The Labute approximate surface area is 182 Å². The number of nitrogens with one attached hydrogen (secondary N) is 1. The minimum atomic E-state index is 0. The van der Waals surface area contributed by atoms with Crippen molar-refractivity contribution in [2.24, 2.45) is 10.7 Å². The maximum Gasteiger partial charge on any atom is 0.188 e. The molecule has 1 aliphatic heterocycles. The van der Waals surface area contributed by atoms with Crippen molar-refractivity contribution < 1.29 is 0 Å². The Hall–Kier alpha value is -1.02. The van der Waals surface area contributed by atoms with E-state index in [-0.39, 0.29) is 24.0 Å². The lowest BCUT2D eigenvalue weighted by Crippen LogP contribution is -2.46. The zero-order chi connectivity index (χ0) is 18.5. The van der Waals surface area contributed by atoms with E-state index < -0.39 is 0 Å². The first-order chi connectivity index (χ1) is 12.8. The van der Waals surface area contributed by atoms with Gasteiger partial charge in [0.15, 0.2) is 5.96 Å². The molecule has 1 fully saturated rings. The molecule has 0 aliphatic carbocycles. The summed E-state index contributed by atoms with van der Waals surface area (Å²) in [6.45, 7) is 9.74. The molecule has 154 valence electrons. The highest BCUT2D eigenvalue weighted by atomic mass is 127. The van der Waals surface area contributed by atoms with Gasteiger partial charge in [0.1, 0.15) is 0 Å². The monoisotopic (exact) mass is 487 g/mol. The summed E-state index contributed by atoms with van der Waals surface area (Å²) in [5.74, 6) is 0.609. The van der Waals surface area contributed by atoms with E-state index in [2.05, 4.69) is 57.4 Å². The highest BCUT2D eigenvalue weighted by molar-refractivity contribution is 14.0. The number of para-hydroxylation sites is 1. The molecule has 3 N–H and O–H groups in total. The topological polar surface area (TPSA) is 56.9 Å². The summed E-state index contributed by atoms with van der Waals surface area (Å²) in [5, 5.41) is 3.24. The predicted octanol–water partition coefficient (Wildman–Crippen LogP) is 3.69. The SMILES string of the molecule is CCCCCCN=C(N)NCCCCN1CCN(c2ccccc2)CC1.I. The van der Waals surface area contributed by atoms with E-state index in [9.17, 15) is 0 Å².